The predicted molar refractivity (Wildman–Crippen MR) is 63.8 cm³/mol. The Morgan fingerprint density at radius 3 is 2.44 bits per heavy atom. The fraction of sp³-hybridized carbons (Fsp3) is 0.538. The Labute approximate surface area is 105 Å². The van der Waals surface area contributed by atoms with Gasteiger partial charge < -0.3 is 15.6 Å². The molecule has 0 aliphatic heterocycles. The minimum absolute atomic E-state index is 0.0979. The van der Waals surface area contributed by atoms with Crippen molar-refractivity contribution in [3.8, 4) is 11.5 Å². The Bertz CT molecular complexity index is 457. The molecule has 0 radical (unpaired) electrons. The molecule has 0 heterocycles. The number of rotatable bonds is 3. The van der Waals surface area contributed by atoms with Gasteiger partial charge in [-0.25, -0.2) is 8.78 Å². The van der Waals surface area contributed by atoms with E-state index < -0.39 is 22.8 Å². The third-order valence-corrected chi connectivity index (χ3v) is 3.85. The maximum Gasteiger partial charge on any atom is 0.197 e. The number of benzene rings is 1. The van der Waals surface area contributed by atoms with E-state index in [1.807, 2.05) is 0 Å². The van der Waals surface area contributed by atoms with E-state index in [1.54, 1.807) is 0 Å². The van der Waals surface area contributed by atoms with Crippen LogP contribution in [0.1, 0.15) is 31.2 Å². The van der Waals surface area contributed by atoms with Crippen molar-refractivity contribution in [2.45, 2.75) is 31.1 Å². The summed E-state index contributed by atoms with van der Waals surface area (Å²) in [5.74, 6) is -2.42. The first-order valence-corrected chi connectivity index (χ1v) is 6.01. The first-order chi connectivity index (χ1) is 8.55. The highest BCUT2D eigenvalue weighted by molar-refractivity contribution is 5.51. The second-order valence-electron chi connectivity index (χ2n) is 4.79. The van der Waals surface area contributed by atoms with Gasteiger partial charge in [-0.15, -0.1) is 0 Å². The lowest BCUT2D eigenvalue weighted by Gasteiger charge is -2.29. The van der Waals surface area contributed by atoms with Gasteiger partial charge in [0.1, 0.15) is 5.82 Å². The van der Waals surface area contributed by atoms with Crippen LogP contribution in [0.15, 0.2) is 6.07 Å². The summed E-state index contributed by atoms with van der Waals surface area (Å²) in [6.45, 7) is 0.228. The Morgan fingerprint density at radius 2 is 1.94 bits per heavy atom. The third-order valence-electron chi connectivity index (χ3n) is 3.85. The molecule has 0 amide bonds. The summed E-state index contributed by atoms with van der Waals surface area (Å²) < 4.78 is 32.2. The number of ether oxygens (including phenoxy) is 1. The van der Waals surface area contributed by atoms with Crippen molar-refractivity contribution in [3.63, 3.8) is 0 Å². The number of hydrogen-bond donors (Lipinski definition) is 2. The van der Waals surface area contributed by atoms with Crippen molar-refractivity contribution in [1.82, 2.24) is 0 Å². The van der Waals surface area contributed by atoms with Crippen molar-refractivity contribution in [1.29, 1.82) is 0 Å². The molecule has 3 N–H and O–H groups in total. The van der Waals surface area contributed by atoms with Crippen LogP contribution in [0.2, 0.25) is 0 Å². The van der Waals surface area contributed by atoms with Gasteiger partial charge >= 0.3 is 0 Å². The van der Waals surface area contributed by atoms with Crippen LogP contribution in [0.5, 0.6) is 11.5 Å². The van der Waals surface area contributed by atoms with E-state index in [4.69, 9.17) is 10.5 Å². The number of aromatic hydroxyl groups is 1. The lowest BCUT2D eigenvalue weighted by atomic mass is 9.78. The monoisotopic (exact) mass is 257 g/mol. The fourth-order valence-corrected chi connectivity index (χ4v) is 2.90. The average molecular weight is 257 g/mol. The Kier molecular flexibility index (Phi) is 3.43. The smallest absolute Gasteiger partial charge is 0.197 e. The summed E-state index contributed by atoms with van der Waals surface area (Å²) in [6.07, 6.45) is 3.25. The molecule has 0 unspecified atom stereocenters. The number of phenolic OH excluding ortho intramolecular Hbond substituents is 1. The summed E-state index contributed by atoms with van der Waals surface area (Å²) in [5.41, 5.74) is 5.25. The minimum Gasteiger partial charge on any atom is -0.504 e. The molecule has 3 nitrogen and oxygen atoms in total. The van der Waals surface area contributed by atoms with Gasteiger partial charge in [0.25, 0.3) is 0 Å². The second-order valence-corrected chi connectivity index (χ2v) is 4.79. The molecule has 0 bridgehead atoms. The Hall–Kier alpha value is -1.36. The van der Waals surface area contributed by atoms with Crippen LogP contribution >= 0.6 is 0 Å². The molecule has 0 saturated heterocycles. The van der Waals surface area contributed by atoms with E-state index in [9.17, 15) is 13.9 Å². The highest BCUT2D eigenvalue weighted by Crippen LogP contribution is 2.48. The predicted octanol–water partition coefficient (Wildman–Crippen LogP) is 2.45. The number of halogens is 2. The molecule has 1 aromatic rings. The highest BCUT2D eigenvalue weighted by Gasteiger charge is 2.40. The molecule has 1 aromatic carbocycles. The SMILES string of the molecule is COc1c(F)cc(F)c(C2(CN)CCCC2)c1O. The van der Waals surface area contributed by atoms with Crippen molar-refractivity contribution < 1.29 is 18.6 Å². The van der Waals surface area contributed by atoms with Gasteiger partial charge in [-0.3, -0.25) is 0 Å². The standard InChI is InChI=1S/C13H17F2NO2/c1-18-12-9(15)6-8(14)10(11(12)17)13(7-16)4-2-3-5-13/h6,17H,2-5,7,16H2,1H3. The van der Waals surface area contributed by atoms with Gasteiger partial charge in [0, 0.05) is 23.6 Å². The quantitative estimate of drug-likeness (QED) is 0.874. The zero-order valence-corrected chi connectivity index (χ0v) is 10.3. The van der Waals surface area contributed by atoms with Crippen LogP contribution < -0.4 is 10.5 Å². The van der Waals surface area contributed by atoms with Crippen molar-refractivity contribution >= 4 is 0 Å². The first-order valence-electron chi connectivity index (χ1n) is 6.01. The van der Waals surface area contributed by atoms with Crippen LogP contribution in [0.4, 0.5) is 8.78 Å². The first kappa shape index (κ1) is 13.1. The van der Waals surface area contributed by atoms with Crippen molar-refractivity contribution in [3.05, 3.63) is 23.3 Å². The molecule has 1 aliphatic carbocycles. The molecular weight excluding hydrogens is 240 g/mol. The van der Waals surface area contributed by atoms with E-state index in [2.05, 4.69) is 0 Å². The van der Waals surface area contributed by atoms with E-state index in [1.165, 1.54) is 7.11 Å². The number of phenols is 1. The molecule has 1 saturated carbocycles. The zero-order valence-electron chi connectivity index (χ0n) is 10.3. The van der Waals surface area contributed by atoms with Crippen LogP contribution in [-0.2, 0) is 5.41 Å². The van der Waals surface area contributed by atoms with Gasteiger partial charge in [-0.1, -0.05) is 12.8 Å². The normalized spacial score (nSPS) is 18.0. The number of hydrogen-bond acceptors (Lipinski definition) is 3. The molecule has 0 spiro atoms. The lowest BCUT2D eigenvalue weighted by Crippen LogP contribution is -2.33. The molecule has 18 heavy (non-hydrogen) atoms. The Balaban J connectivity index is 2.63. The van der Waals surface area contributed by atoms with E-state index in [0.29, 0.717) is 12.8 Å². The summed E-state index contributed by atoms with van der Waals surface area (Å²) in [4.78, 5) is 0. The molecule has 5 heteroatoms. The van der Waals surface area contributed by atoms with Crippen molar-refractivity contribution in [2.24, 2.45) is 5.73 Å². The molecular formula is C13H17F2NO2. The topological polar surface area (TPSA) is 55.5 Å². The maximum atomic E-state index is 14.0. The Morgan fingerprint density at radius 1 is 1.33 bits per heavy atom. The molecule has 0 atom stereocenters. The van der Waals surface area contributed by atoms with Gasteiger partial charge in [0.15, 0.2) is 17.3 Å². The fourth-order valence-electron chi connectivity index (χ4n) is 2.90. The molecule has 1 aliphatic rings. The maximum absolute atomic E-state index is 14.0. The molecule has 2 rings (SSSR count). The molecule has 0 aromatic heterocycles. The van der Waals surface area contributed by atoms with Gasteiger partial charge in [-0.2, -0.15) is 0 Å². The van der Waals surface area contributed by atoms with Crippen LogP contribution in [0.25, 0.3) is 0 Å². The third kappa shape index (κ3) is 1.82. The van der Waals surface area contributed by atoms with Crippen LogP contribution in [0.3, 0.4) is 0 Å². The zero-order chi connectivity index (χ0) is 13.3. The van der Waals surface area contributed by atoms with E-state index in [-0.39, 0.29) is 17.9 Å². The van der Waals surface area contributed by atoms with E-state index in [0.717, 1.165) is 18.9 Å². The summed E-state index contributed by atoms with van der Waals surface area (Å²) >= 11 is 0. The van der Waals surface area contributed by atoms with Crippen molar-refractivity contribution in [2.75, 3.05) is 13.7 Å². The summed E-state index contributed by atoms with van der Waals surface area (Å²) in [7, 11) is 1.24. The van der Waals surface area contributed by atoms with Crippen LogP contribution in [0, 0.1) is 11.6 Å². The molecule has 100 valence electrons. The number of methoxy groups -OCH3 is 1. The minimum atomic E-state index is -0.901. The summed E-state index contributed by atoms with van der Waals surface area (Å²) in [5, 5.41) is 10.0. The highest BCUT2D eigenvalue weighted by atomic mass is 19.1. The number of nitrogens with two attached hydrogens (primary N) is 1. The van der Waals surface area contributed by atoms with E-state index >= 15 is 0 Å². The second kappa shape index (κ2) is 4.72. The largest absolute Gasteiger partial charge is 0.504 e. The van der Waals surface area contributed by atoms with Gasteiger partial charge in [0.2, 0.25) is 0 Å². The van der Waals surface area contributed by atoms with Gasteiger partial charge in [0.05, 0.1) is 7.11 Å². The van der Waals surface area contributed by atoms with Crippen LogP contribution in [-0.4, -0.2) is 18.8 Å². The lowest BCUT2D eigenvalue weighted by molar-refractivity contribution is 0.327. The summed E-state index contributed by atoms with van der Waals surface area (Å²) in [6, 6.07) is 0.754. The van der Waals surface area contributed by atoms with Gasteiger partial charge in [-0.05, 0) is 12.8 Å². The average Bonchev–Trinajstić information content (AvgIpc) is 2.78. The molecule has 1 fully saturated rings.